The average Bonchev–Trinajstić information content (AvgIpc) is 2.71. The van der Waals surface area contributed by atoms with E-state index in [0.717, 1.165) is 11.4 Å². The van der Waals surface area contributed by atoms with Crippen LogP contribution in [0.1, 0.15) is 5.56 Å². The van der Waals surface area contributed by atoms with Crippen LogP contribution in [0.4, 0.5) is 21.6 Å². The predicted octanol–water partition coefficient (Wildman–Crippen LogP) is 4.16. The molecule has 0 saturated heterocycles. The molecule has 6 nitrogen and oxygen atoms in total. The summed E-state index contributed by atoms with van der Waals surface area (Å²) in [6.07, 6.45) is 1.53. The molecule has 0 aliphatic heterocycles. The fraction of sp³-hybridized carbons (Fsp3) is 0.143. The topological polar surface area (TPSA) is 72.5 Å². The van der Waals surface area contributed by atoms with E-state index >= 15 is 0 Å². The SMILES string of the molecule is COc1ccc(Nc2ccc(NC(=O)Cc3ccccc3F)nc2)c(OC)c1. The molecule has 0 aliphatic rings. The van der Waals surface area contributed by atoms with Crippen LogP contribution < -0.4 is 20.1 Å². The zero-order valence-electron chi connectivity index (χ0n) is 15.5. The molecule has 0 aliphatic carbocycles. The van der Waals surface area contributed by atoms with Gasteiger partial charge in [0.1, 0.15) is 23.1 Å². The third kappa shape index (κ3) is 4.76. The van der Waals surface area contributed by atoms with Gasteiger partial charge in [-0.15, -0.1) is 0 Å². The molecule has 0 spiro atoms. The maximum absolute atomic E-state index is 13.6. The van der Waals surface area contributed by atoms with Gasteiger partial charge in [-0.05, 0) is 35.9 Å². The number of amides is 1. The molecule has 0 fully saturated rings. The molecule has 1 aromatic heterocycles. The third-order valence-corrected chi connectivity index (χ3v) is 4.03. The molecule has 3 aromatic rings. The average molecular weight is 381 g/mol. The van der Waals surface area contributed by atoms with Gasteiger partial charge in [-0.2, -0.15) is 0 Å². The zero-order valence-corrected chi connectivity index (χ0v) is 15.5. The highest BCUT2D eigenvalue weighted by molar-refractivity contribution is 5.91. The maximum Gasteiger partial charge on any atom is 0.230 e. The van der Waals surface area contributed by atoms with Crippen molar-refractivity contribution in [3.63, 3.8) is 0 Å². The predicted molar refractivity (Wildman–Crippen MR) is 106 cm³/mol. The number of aromatic nitrogens is 1. The first-order chi connectivity index (χ1) is 13.6. The summed E-state index contributed by atoms with van der Waals surface area (Å²) in [7, 11) is 3.16. The summed E-state index contributed by atoms with van der Waals surface area (Å²) in [5.74, 6) is 0.956. The highest BCUT2D eigenvalue weighted by Gasteiger charge is 2.09. The zero-order chi connectivity index (χ0) is 19.9. The van der Waals surface area contributed by atoms with Crippen LogP contribution in [0.3, 0.4) is 0 Å². The monoisotopic (exact) mass is 381 g/mol. The minimum atomic E-state index is -0.404. The lowest BCUT2D eigenvalue weighted by atomic mass is 10.1. The van der Waals surface area contributed by atoms with Crippen molar-refractivity contribution in [3.05, 3.63) is 72.2 Å². The maximum atomic E-state index is 13.6. The summed E-state index contributed by atoms with van der Waals surface area (Å²) in [4.78, 5) is 16.3. The van der Waals surface area contributed by atoms with Gasteiger partial charge < -0.3 is 20.1 Å². The van der Waals surface area contributed by atoms with Gasteiger partial charge in [0.25, 0.3) is 0 Å². The van der Waals surface area contributed by atoms with E-state index < -0.39 is 5.82 Å². The standard InChI is InChI=1S/C21H20FN3O3/c1-27-16-8-9-18(19(12-16)28-2)24-15-7-10-20(23-13-15)25-21(26)11-14-5-3-4-6-17(14)22/h3-10,12-13,24H,11H2,1-2H3,(H,23,25,26). The number of nitrogens with one attached hydrogen (secondary N) is 2. The summed E-state index contributed by atoms with van der Waals surface area (Å²) in [5.41, 5.74) is 1.81. The molecule has 0 bridgehead atoms. The molecule has 28 heavy (non-hydrogen) atoms. The fourth-order valence-corrected chi connectivity index (χ4v) is 2.60. The number of rotatable bonds is 7. The smallest absolute Gasteiger partial charge is 0.230 e. The van der Waals surface area contributed by atoms with Crippen molar-refractivity contribution in [2.24, 2.45) is 0 Å². The number of carbonyl (C=O) groups excluding carboxylic acids is 1. The Hall–Kier alpha value is -3.61. The van der Waals surface area contributed by atoms with Crippen molar-refractivity contribution >= 4 is 23.1 Å². The molecule has 144 valence electrons. The van der Waals surface area contributed by atoms with Crippen molar-refractivity contribution in [1.29, 1.82) is 0 Å². The van der Waals surface area contributed by atoms with Crippen LogP contribution in [0, 0.1) is 5.82 Å². The number of hydrogen-bond donors (Lipinski definition) is 2. The van der Waals surface area contributed by atoms with E-state index in [1.165, 1.54) is 6.07 Å². The minimum Gasteiger partial charge on any atom is -0.497 e. The molecule has 1 amide bonds. The molecular weight excluding hydrogens is 361 g/mol. The Bertz CT molecular complexity index is 961. The molecule has 1 heterocycles. The first-order valence-electron chi connectivity index (χ1n) is 8.57. The molecular formula is C21H20FN3O3. The van der Waals surface area contributed by atoms with Crippen LogP contribution in [0.2, 0.25) is 0 Å². The molecule has 2 N–H and O–H groups in total. The van der Waals surface area contributed by atoms with Gasteiger partial charge in [-0.3, -0.25) is 4.79 Å². The highest BCUT2D eigenvalue weighted by atomic mass is 19.1. The van der Waals surface area contributed by atoms with Gasteiger partial charge in [0.15, 0.2) is 0 Å². The molecule has 2 aromatic carbocycles. The minimum absolute atomic E-state index is 0.0581. The number of ether oxygens (including phenoxy) is 2. The van der Waals surface area contributed by atoms with E-state index in [-0.39, 0.29) is 12.3 Å². The Morgan fingerprint density at radius 2 is 1.89 bits per heavy atom. The van der Waals surface area contributed by atoms with E-state index in [4.69, 9.17) is 9.47 Å². The lowest BCUT2D eigenvalue weighted by Gasteiger charge is -2.12. The Labute approximate surface area is 162 Å². The van der Waals surface area contributed by atoms with E-state index in [0.29, 0.717) is 22.9 Å². The molecule has 0 saturated carbocycles. The quantitative estimate of drug-likeness (QED) is 0.643. The van der Waals surface area contributed by atoms with Gasteiger partial charge in [0, 0.05) is 6.07 Å². The highest BCUT2D eigenvalue weighted by Crippen LogP contribution is 2.31. The summed E-state index contributed by atoms with van der Waals surface area (Å²) in [6, 6.07) is 15.0. The Morgan fingerprint density at radius 1 is 1.07 bits per heavy atom. The first kappa shape index (κ1) is 19.2. The van der Waals surface area contributed by atoms with Crippen LogP contribution in [-0.2, 0) is 11.2 Å². The molecule has 0 radical (unpaired) electrons. The number of nitrogens with zero attached hydrogens (tertiary/aromatic N) is 1. The van der Waals surface area contributed by atoms with Gasteiger partial charge in [-0.25, -0.2) is 9.37 Å². The number of benzene rings is 2. The third-order valence-electron chi connectivity index (χ3n) is 4.03. The number of carbonyl (C=O) groups is 1. The second-order valence-corrected chi connectivity index (χ2v) is 5.94. The van der Waals surface area contributed by atoms with Crippen molar-refractivity contribution in [3.8, 4) is 11.5 Å². The number of halogens is 1. The van der Waals surface area contributed by atoms with Gasteiger partial charge in [0.05, 0.1) is 38.2 Å². The lowest BCUT2D eigenvalue weighted by molar-refractivity contribution is -0.115. The van der Waals surface area contributed by atoms with E-state index in [1.54, 1.807) is 56.8 Å². The van der Waals surface area contributed by atoms with Crippen molar-refractivity contribution < 1.29 is 18.7 Å². The number of hydrogen-bond acceptors (Lipinski definition) is 5. The van der Waals surface area contributed by atoms with E-state index in [9.17, 15) is 9.18 Å². The molecule has 0 atom stereocenters. The van der Waals surface area contributed by atoms with Gasteiger partial charge >= 0.3 is 0 Å². The van der Waals surface area contributed by atoms with Crippen LogP contribution in [0.15, 0.2) is 60.8 Å². The normalized spacial score (nSPS) is 10.2. The first-order valence-corrected chi connectivity index (χ1v) is 8.57. The second-order valence-electron chi connectivity index (χ2n) is 5.94. The Kier molecular flexibility index (Phi) is 6.06. The second kappa shape index (κ2) is 8.85. The summed E-state index contributed by atoms with van der Waals surface area (Å²) in [6.45, 7) is 0. The summed E-state index contributed by atoms with van der Waals surface area (Å²) >= 11 is 0. The number of methoxy groups -OCH3 is 2. The molecule has 7 heteroatoms. The fourth-order valence-electron chi connectivity index (χ4n) is 2.60. The lowest BCUT2D eigenvalue weighted by Crippen LogP contribution is -2.16. The van der Waals surface area contributed by atoms with Gasteiger partial charge in [-0.1, -0.05) is 18.2 Å². The van der Waals surface area contributed by atoms with E-state index in [1.807, 2.05) is 12.1 Å². The van der Waals surface area contributed by atoms with Crippen molar-refractivity contribution in [2.75, 3.05) is 24.9 Å². The Morgan fingerprint density at radius 3 is 2.57 bits per heavy atom. The van der Waals surface area contributed by atoms with Gasteiger partial charge in [0.2, 0.25) is 5.91 Å². The van der Waals surface area contributed by atoms with Crippen LogP contribution >= 0.6 is 0 Å². The van der Waals surface area contributed by atoms with E-state index in [2.05, 4.69) is 15.6 Å². The Balaban J connectivity index is 1.64. The van der Waals surface area contributed by atoms with Crippen molar-refractivity contribution in [1.82, 2.24) is 4.98 Å². The largest absolute Gasteiger partial charge is 0.497 e. The molecule has 0 unspecified atom stereocenters. The molecule has 3 rings (SSSR count). The summed E-state index contributed by atoms with van der Waals surface area (Å²) < 4.78 is 24.2. The van der Waals surface area contributed by atoms with Crippen LogP contribution in [-0.4, -0.2) is 25.1 Å². The van der Waals surface area contributed by atoms with Crippen molar-refractivity contribution in [2.45, 2.75) is 6.42 Å². The van der Waals surface area contributed by atoms with Crippen LogP contribution in [0.25, 0.3) is 0 Å². The number of anilines is 3. The summed E-state index contributed by atoms with van der Waals surface area (Å²) in [5, 5.41) is 5.86. The number of pyridine rings is 1. The van der Waals surface area contributed by atoms with Crippen LogP contribution in [0.5, 0.6) is 11.5 Å².